The first-order valence-corrected chi connectivity index (χ1v) is 9.26. The summed E-state index contributed by atoms with van der Waals surface area (Å²) in [4.78, 5) is 27.5. The Balaban J connectivity index is 1.52. The van der Waals surface area contributed by atoms with E-state index < -0.39 is 0 Å². The lowest BCUT2D eigenvalue weighted by molar-refractivity contribution is -0.133. The lowest BCUT2D eigenvalue weighted by Gasteiger charge is -2.35. The molecule has 1 N–H and O–H groups in total. The van der Waals surface area contributed by atoms with Gasteiger partial charge in [-0.1, -0.05) is 0 Å². The lowest BCUT2D eigenvalue weighted by Crippen LogP contribution is -2.48. The van der Waals surface area contributed by atoms with Gasteiger partial charge in [-0.2, -0.15) is 0 Å². The highest BCUT2D eigenvalue weighted by Crippen LogP contribution is 2.24. The van der Waals surface area contributed by atoms with Gasteiger partial charge in [0.05, 0.1) is 6.04 Å². The topological polar surface area (TPSA) is 64.6 Å². The second kappa shape index (κ2) is 7.56. The number of piperidine rings is 1. The number of aromatic nitrogens is 2. The van der Waals surface area contributed by atoms with E-state index in [9.17, 15) is 4.79 Å². The Morgan fingerprint density at radius 1 is 1.16 bits per heavy atom. The van der Waals surface area contributed by atoms with Crippen LogP contribution >= 0.6 is 0 Å². The molecule has 7 heteroatoms. The summed E-state index contributed by atoms with van der Waals surface area (Å²) in [5, 5.41) is 3.53. The summed E-state index contributed by atoms with van der Waals surface area (Å²) < 4.78 is 0. The van der Waals surface area contributed by atoms with Crippen LogP contribution in [0.25, 0.3) is 0 Å². The minimum absolute atomic E-state index is 0.0859. The molecule has 7 nitrogen and oxygen atoms in total. The highest BCUT2D eigenvalue weighted by Gasteiger charge is 2.38. The van der Waals surface area contributed by atoms with Gasteiger partial charge in [0.15, 0.2) is 0 Å². The fraction of sp³-hybridized carbons (Fsp3) is 0.722. The van der Waals surface area contributed by atoms with Crippen LogP contribution < -0.4 is 10.2 Å². The number of hydrogen-bond donors (Lipinski definition) is 1. The maximum Gasteiger partial charge on any atom is 0.240 e. The molecule has 0 aliphatic carbocycles. The van der Waals surface area contributed by atoms with Crippen molar-refractivity contribution in [3.63, 3.8) is 0 Å². The fourth-order valence-corrected chi connectivity index (χ4v) is 3.77. The predicted octanol–water partition coefficient (Wildman–Crippen LogP) is 1.43. The van der Waals surface area contributed by atoms with Crippen molar-refractivity contribution >= 4 is 17.5 Å². The number of rotatable bonds is 5. The van der Waals surface area contributed by atoms with Crippen molar-refractivity contribution in [3.05, 3.63) is 12.4 Å². The number of anilines is 2. The molecule has 25 heavy (non-hydrogen) atoms. The minimum atomic E-state index is 0.0859. The molecule has 1 unspecified atom stereocenters. The molecule has 2 aliphatic rings. The summed E-state index contributed by atoms with van der Waals surface area (Å²) in [6.07, 6.45) is 4.64. The van der Waals surface area contributed by atoms with Crippen molar-refractivity contribution in [2.75, 3.05) is 43.9 Å². The smallest absolute Gasteiger partial charge is 0.240 e. The number of likely N-dealkylation sites (tertiary alicyclic amines) is 2. The number of carbonyl (C=O) groups is 1. The highest BCUT2D eigenvalue weighted by molar-refractivity contribution is 5.84. The first kappa shape index (κ1) is 17.9. The van der Waals surface area contributed by atoms with Gasteiger partial charge in [0, 0.05) is 51.9 Å². The average Bonchev–Trinajstić information content (AvgIpc) is 2.97. The summed E-state index contributed by atoms with van der Waals surface area (Å²) in [7, 11) is 3.95. The summed E-state index contributed by atoms with van der Waals surface area (Å²) in [5.41, 5.74) is 0. The van der Waals surface area contributed by atoms with E-state index in [0.29, 0.717) is 18.0 Å². The molecule has 0 bridgehead atoms. The standard InChI is InChI=1S/C18H30N6O/c1-13(2)24-10-7-15(18(24)25)23-8-5-14(6-9-23)21-16-11-17(22(3)4)20-12-19-16/h11-15H,5-10H2,1-4H3,(H,19,20,21). The molecule has 138 valence electrons. The molecule has 3 rings (SSSR count). The van der Waals surface area contributed by atoms with Gasteiger partial charge >= 0.3 is 0 Å². The molecule has 0 aromatic carbocycles. The summed E-state index contributed by atoms with van der Waals surface area (Å²) in [6.45, 7) is 7.02. The van der Waals surface area contributed by atoms with E-state index in [1.165, 1.54) is 0 Å². The molecule has 1 atom stereocenters. The van der Waals surface area contributed by atoms with Gasteiger partial charge in [0.1, 0.15) is 18.0 Å². The average molecular weight is 346 g/mol. The van der Waals surface area contributed by atoms with E-state index in [2.05, 4.69) is 34.0 Å². The number of nitrogens with zero attached hydrogens (tertiary/aromatic N) is 5. The zero-order valence-corrected chi connectivity index (χ0v) is 15.8. The van der Waals surface area contributed by atoms with E-state index in [4.69, 9.17) is 0 Å². The molecule has 1 aromatic rings. The number of hydrogen-bond acceptors (Lipinski definition) is 6. The Labute approximate surface area is 150 Å². The lowest BCUT2D eigenvalue weighted by atomic mass is 10.0. The Bertz CT molecular complexity index is 597. The van der Waals surface area contributed by atoms with Crippen molar-refractivity contribution in [3.8, 4) is 0 Å². The minimum Gasteiger partial charge on any atom is -0.367 e. The Hall–Kier alpha value is -1.89. The van der Waals surface area contributed by atoms with Crippen LogP contribution in [0, 0.1) is 0 Å². The van der Waals surface area contributed by atoms with E-state index in [1.807, 2.05) is 30.0 Å². The van der Waals surface area contributed by atoms with Gasteiger partial charge in [-0.05, 0) is 33.1 Å². The van der Waals surface area contributed by atoms with Crippen molar-refractivity contribution in [2.45, 2.75) is 51.2 Å². The molecular formula is C18H30N6O. The maximum absolute atomic E-state index is 12.6. The Morgan fingerprint density at radius 2 is 1.88 bits per heavy atom. The van der Waals surface area contributed by atoms with Crippen LogP contribution in [0.15, 0.2) is 12.4 Å². The molecule has 3 heterocycles. The van der Waals surface area contributed by atoms with Crippen molar-refractivity contribution in [2.24, 2.45) is 0 Å². The van der Waals surface area contributed by atoms with E-state index in [-0.39, 0.29) is 6.04 Å². The zero-order valence-electron chi connectivity index (χ0n) is 15.8. The van der Waals surface area contributed by atoms with Crippen molar-refractivity contribution in [1.82, 2.24) is 19.8 Å². The summed E-state index contributed by atoms with van der Waals surface area (Å²) >= 11 is 0. The van der Waals surface area contributed by atoms with Crippen LogP contribution in [0.4, 0.5) is 11.6 Å². The summed E-state index contributed by atoms with van der Waals surface area (Å²) in [6, 6.07) is 2.77. The molecule has 1 aromatic heterocycles. The quantitative estimate of drug-likeness (QED) is 0.870. The predicted molar refractivity (Wildman–Crippen MR) is 99.8 cm³/mol. The maximum atomic E-state index is 12.6. The molecule has 2 aliphatic heterocycles. The number of nitrogens with one attached hydrogen (secondary N) is 1. The van der Waals surface area contributed by atoms with E-state index in [1.54, 1.807) is 6.33 Å². The first-order chi connectivity index (χ1) is 12.0. The van der Waals surface area contributed by atoms with Crippen LogP contribution in [-0.2, 0) is 4.79 Å². The molecule has 0 radical (unpaired) electrons. The molecule has 2 saturated heterocycles. The van der Waals surface area contributed by atoms with Crippen LogP contribution in [0.5, 0.6) is 0 Å². The SMILES string of the molecule is CC(C)N1CCC(N2CCC(Nc3cc(N(C)C)ncn3)CC2)C1=O. The second-order valence-electron chi connectivity index (χ2n) is 7.54. The normalized spacial score (nSPS) is 22.7. The first-order valence-electron chi connectivity index (χ1n) is 9.26. The monoisotopic (exact) mass is 346 g/mol. The second-order valence-corrected chi connectivity index (χ2v) is 7.54. The van der Waals surface area contributed by atoms with Gasteiger partial charge in [-0.3, -0.25) is 9.69 Å². The third-order valence-electron chi connectivity index (χ3n) is 5.27. The van der Waals surface area contributed by atoms with E-state index >= 15 is 0 Å². The van der Waals surface area contributed by atoms with Gasteiger partial charge in [0.25, 0.3) is 0 Å². The summed E-state index contributed by atoms with van der Waals surface area (Å²) in [5.74, 6) is 2.09. The van der Waals surface area contributed by atoms with Crippen LogP contribution in [0.2, 0.25) is 0 Å². The zero-order chi connectivity index (χ0) is 18.0. The highest BCUT2D eigenvalue weighted by atomic mass is 16.2. The molecular weight excluding hydrogens is 316 g/mol. The third-order valence-corrected chi connectivity index (χ3v) is 5.27. The Kier molecular flexibility index (Phi) is 5.42. The number of carbonyl (C=O) groups excluding carboxylic acids is 1. The molecule has 0 spiro atoms. The van der Waals surface area contributed by atoms with Crippen molar-refractivity contribution in [1.29, 1.82) is 0 Å². The fourth-order valence-electron chi connectivity index (χ4n) is 3.77. The van der Waals surface area contributed by atoms with Crippen LogP contribution in [0.3, 0.4) is 0 Å². The largest absolute Gasteiger partial charge is 0.367 e. The number of amides is 1. The van der Waals surface area contributed by atoms with Gasteiger partial charge in [-0.15, -0.1) is 0 Å². The van der Waals surface area contributed by atoms with Gasteiger partial charge < -0.3 is 15.1 Å². The molecule has 0 saturated carbocycles. The molecule has 2 fully saturated rings. The Morgan fingerprint density at radius 3 is 2.48 bits per heavy atom. The van der Waals surface area contributed by atoms with Gasteiger partial charge in [0.2, 0.25) is 5.91 Å². The van der Waals surface area contributed by atoms with Gasteiger partial charge in [-0.25, -0.2) is 9.97 Å². The van der Waals surface area contributed by atoms with Crippen LogP contribution in [-0.4, -0.2) is 77.5 Å². The van der Waals surface area contributed by atoms with Crippen molar-refractivity contribution < 1.29 is 4.79 Å². The van der Waals surface area contributed by atoms with Crippen LogP contribution in [0.1, 0.15) is 33.1 Å². The van der Waals surface area contributed by atoms with E-state index in [0.717, 1.165) is 50.5 Å². The molecule has 1 amide bonds. The third kappa shape index (κ3) is 4.03.